The van der Waals surface area contributed by atoms with Crippen LogP contribution in [0.3, 0.4) is 0 Å². The molecule has 4 nitrogen and oxygen atoms in total. The van der Waals surface area contributed by atoms with E-state index in [1.807, 2.05) is 12.1 Å². The van der Waals surface area contributed by atoms with E-state index < -0.39 is 0 Å². The molecule has 4 heteroatoms. The van der Waals surface area contributed by atoms with Gasteiger partial charge in [-0.05, 0) is 31.6 Å². The Morgan fingerprint density at radius 2 is 1.08 bits per heavy atom. The maximum atomic E-state index is 6.02. The van der Waals surface area contributed by atoms with Gasteiger partial charge in [0.05, 0.1) is 0 Å². The molecule has 1 saturated heterocycles. The molecule has 2 aliphatic heterocycles. The highest BCUT2D eigenvalue weighted by Crippen LogP contribution is 2.24. The third-order valence-electron chi connectivity index (χ3n) is 5.01. The van der Waals surface area contributed by atoms with Crippen LogP contribution in [-0.4, -0.2) is 49.2 Å². The van der Waals surface area contributed by atoms with Crippen LogP contribution in [0.15, 0.2) is 48.5 Å². The third kappa shape index (κ3) is 4.14. The number of para-hydroxylation sites is 2. The number of benzene rings is 2. The molecular weight excluding hydrogens is 312 g/mol. The Kier molecular flexibility index (Phi) is 5.19. The van der Waals surface area contributed by atoms with Gasteiger partial charge >= 0.3 is 0 Å². The van der Waals surface area contributed by atoms with Crippen LogP contribution in [-0.2, 0) is 13.1 Å². The maximum absolute atomic E-state index is 6.02. The number of ether oxygens (including phenoxy) is 2. The van der Waals surface area contributed by atoms with Crippen LogP contribution in [0.2, 0.25) is 0 Å². The Bertz CT molecular complexity index is 644. The average Bonchev–Trinajstić information content (AvgIpc) is 2.86. The minimum atomic E-state index is 0.565. The third-order valence-corrected chi connectivity index (χ3v) is 5.01. The van der Waals surface area contributed by atoms with Gasteiger partial charge in [-0.15, -0.1) is 0 Å². The van der Waals surface area contributed by atoms with E-state index in [0.717, 1.165) is 50.8 Å². The van der Waals surface area contributed by atoms with E-state index in [9.17, 15) is 0 Å². The van der Waals surface area contributed by atoms with Crippen molar-refractivity contribution in [3.63, 3.8) is 0 Å². The first-order chi connectivity index (χ1) is 12.4. The summed E-state index contributed by atoms with van der Waals surface area (Å²) in [5.41, 5.74) is 2.54. The predicted molar refractivity (Wildman–Crippen MR) is 99.0 cm³/mol. The second-order valence-corrected chi connectivity index (χ2v) is 6.82. The summed E-state index contributed by atoms with van der Waals surface area (Å²) in [6.07, 6.45) is 1.20. The first kappa shape index (κ1) is 16.4. The van der Waals surface area contributed by atoms with Crippen LogP contribution < -0.4 is 9.47 Å². The zero-order valence-electron chi connectivity index (χ0n) is 14.7. The SMILES string of the molecule is c1ccc2c(c1)CN1CCCN(CC1)Cc1ccccc1OCCO2. The number of rotatable bonds is 0. The number of fused-ring (bicyclic) bond motifs is 5. The van der Waals surface area contributed by atoms with Crippen molar-refractivity contribution in [1.82, 2.24) is 9.80 Å². The molecule has 2 heterocycles. The fourth-order valence-electron chi connectivity index (χ4n) is 3.68. The van der Waals surface area contributed by atoms with Gasteiger partial charge in [-0.1, -0.05) is 36.4 Å². The molecule has 4 rings (SSSR count). The molecule has 2 unspecified atom stereocenters. The fraction of sp³-hybridized carbons (Fsp3) is 0.429. The second-order valence-electron chi connectivity index (χ2n) is 6.82. The van der Waals surface area contributed by atoms with Gasteiger partial charge in [-0.2, -0.15) is 0 Å². The molecule has 25 heavy (non-hydrogen) atoms. The lowest BCUT2D eigenvalue weighted by Crippen LogP contribution is -2.30. The molecule has 132 valence electrons. The summed E-state index contributed by atoms with van der Waals surface area (Å²) in [7, 11) is 0. The molecule has 2 bridgehead atoms. The maximum Gasteiger partial charge on any atom is 0.123 e. The van der Waals surface area contributed by atoms with Gasteiger partial charge in [0.2, 0.25) is 0 Å². The quantitative estimate of drug-likeness (QED) is 0.737. The van der Waals surface area contributed by atoms with Gasteiger partial charge in [-0.3, -0.25) is 9.80 Å². The molecule has 2 aliphatic rings. The highest BCUT2D eigenvalue weighted by molar-refractivity contribution is 5.34. The van der Waals surface area contributed by atoms with Crippen molar-refractivity contribution in [2.75, 3.05) is 39.4 Å². The van der Waals surface area contributed by atoms with Crippen LogP contribution in [0.25, 0.3) is 0 Å². The van der Waals surface area contributed by atoms with E-state index in [1.165, 1.54) is 17.5 Å². The molecular formula is C21H26N2O2. The van der Waals surface area contributed by atoms with Gasteiger partial charge in [0.1, 0.15) is 24.7 Å². The summed E-state index contributed by atoms with van der Waals surface area (Å²) in [5.74, 6) is 1.97. The van der Waals surface area contributed by atoms with Crippen LogP contribution >= 0.6 is 0 Å². The molecule has 0 N–H and O–H groups in total. The van der Waals surface area contributed by atoms with Crippen molar-refractivity contribution in [3.8, 4) is 11.5 Å². The van der Waals surface area contributed by atoms with E-state index in [1.54, 1.807) is 0 Å². The molecule has 2 aromatic rings. The number of hydrogen-bond acceptors (Lipinski definition) is 4. The molecule has 0 amide bonds. The molecule has 0 aliphatic carbocycles. The normalized spacial score (nSPS) is 24.0. The lowest BCUT2D eigenvalue weighted by Gasteiger charge is -2.24. The summed E-state index contributed by atoms with van der Waals surface area (Å²) in [6, 6.07) is 16.8. The number of hydrogen-bond donors (Lipinski definition) is 0. The van der Waals surface area contributed by atoms with Crippen molar-refractivity contribution in [1.29, 1.82) is 0 Å². The largest absolute Gasteiger partial charge is 0.490 e. The van der Waals surface area contributed by atoms with Crippen LogP contribution in [0.5, 0.6) is 11.5 Å². The standard InChI is InChI=1S/C21H26N2O2/c1-3-8-20-18(6-1)16-22-10-5-11-23(13-12-22)17-19-7-2-4-9-21(19)25-15-14-24-20/h1-4,6-9H,5,10-17H2. The summed E-state index contributed by atoms with van der Waals surface area (Å²) in [4.78, 5) is 5.10. The second kappa shape index (κ2) is 7.89. The summed E-state index contributed by atoms with van der Waals surface area (Å²) in [6.45, 7) is 7.52. The van der Waals surface area contributed by atoms with Crippen LogP contribution in [0, 0.1) is 0 Å². The van der Waals surface area contributed by atoms with E-state index >= 15 is 0 Å². The van der Waals surface area contributed by atoms with E-state index in [4.69, 9.17) is 9.47 Å². The highest BCUT2D eigenvalue weighted by Gasteiger charge is 2.18. The monoisotopic (exact) mass is 338 g/mol. The zero-order valence-corrected chi connectivity index (χ0v) is 14.7. The van der Waals surface area contributed by atoms with Gasteiger partial charge < -0.3 is 9.47 Å². The topological polar surface area (TPSA) is 24.9 Å². The highest BCUT2D eigenvalue weighted by atomic mass is 16.5. The first-order valence-electron chi connectivity index (χ1n) is 9.24. The molecule has 0 aromatic heterocycles. The van der Waals surface area contributed by atoms with Crippen LogP contribution in [0.4, 0.5) is 0 Å². The number of nitrogens with zero attached hydrogens (tertiary/aromatic N) is 2. The van der Waals surface area contributed by atoms with Crippen molar-refractivity contribution in [2.24, 2.45) is 0 Å². The van der Waals surface area contributed by atoms with Crippen molar-refractivity contribution < 1.29 is 9.47 Å². The van der Waals surface area contributed by atoms with E-state index in [2.05, 4.69) is 46.2 Å². The lowest BCUT2D eigenvalue weighted by atomic mass is 10.2. The average molecular weight is 338 g/mol. The van der Waals surface area contributed by atoms with Crippen molar-refractivity contribution in [3.05, 3.63) is 59.7 Å². The molecule has 2 aromatic carbocycles. The van der Waals surface area contributed by atoms with E-state index in [0.29, 0.717) is 13.2 Å². The first-order valence-corrected chi connectivity index (χ1v) is 9.24. The van der Waals surface area contributed by atoms with Gasteiger partial charge in [-0.25, -0.2) is 0 Å². The van der Waals surface area contributed by atoms with Gasteiger partial charge in [0, 0.05) is 37.3 Å². The van der Waals surface area contributed by atoms with E-state index in [-0.39, 0.29) is 0 Å². The lowest BCUT2D eigenvalue weighted by molar-refractivity contribution is 0.202. The predicted octanol–water partition coefficient (Wildman–Crippen LogP) is 3.17. The van der Waals surface area contributed by atoms with Crippen molar-refractivity contribution in [2.45, 2.75) is 19.5 Å². The van der Waals surface area contributed by atoms with Crippen LogP contribution in [0.1, 0.15) is 17.5 Å². The Balaban J connectivity index is 1.60. The zero-order chi connectivity index (χ0) is 16.9. The van der Waals surface area contributed by atoms with Gasteiger partial charge in [0.15, 0.2) is 0 Å². The summed E-state index contributed by atoms with van der Waals surface area (Å²) >= 11 is 0. The Labute approximate surface area is 150 Å². The summed E-state index contributed by atoms with van der Waals surface area (Å²) < 4.78 is 12.0. The Morgan fingerprint density at radius 1 is 0.600 bits per heavy atom. The minimum Gasteiger partial charge on any atom is -0.490 e. The summed E-state index contributed by atoms with van der Waals surface area (Å²) in [5, 5.41) is 0. The molecule has 0 saturated carbocycles. The molecule has 0 radical (unpaired) electrons. The Hall–Kier alpha value is -2.04. The Morgan fingerprint density at radius 3 is 1.60 bits per heavy atom. The van der Waals surface area contributed by atoms with Gasteiger partial charge in [0.25, 0.3) is 0 Å². The minimum absolute atomic E-state index is 0.565. The van der Waals surface area contributed by atoms with Crippen molar-refractivity contribution >= 4 is 0 Å². The molecule has 2 atom stereocenters. The smallest absolute Gasteiger partial charge is 0.123 e. The molecule has 0 spiro atoms. The fourth-order valence-corrected chi connectivity index (χ4v) is 3.68. The molecule has 1 fully saturated rings.